The number of nitrogens with zero attached hydrogens (tertiary/aromatic N) is 3. The lowest BCUT2D eigenvalue weighted by atomic mass is 10.3. The number of hydrogen-bond acceptors (Lipinski definition) is 9. The van der Waals surface area contributed by atoms with Gasteiger partial charge in [-0.25, -0.2) is 14.4 Å². The predicted molar refractivity (Wildman–Crippen MR) is 95.4 cm³/mol. The molecule has 0 saturated carbocycles. The highest BCUT2D eigenvalue weighted by atomic mass is 16.5. The lowest BCUT2D eigenvalue weighted by Gasteiger charge is -2.08. The number of carbonyl (C=O) groups excluding carboxylic acids is 3. The van der Waals surface area contributed by atoms with Gasteiger partial charge in [0, 0.05) is 0 Å². The molecule has 27 heavy (non-hydrogen) atoms. The third-order valence-corrected chi connectivity index (χ3v) is 3.38. The molecule has 0 saturated heterocycles. The van der Waals surface area contributed by atoms with Crippen molar-refractivity contribution in [2.24, 2.45) is 0 Å². The molecule has 0 radical (unpaired) electrons. The fourth-order valence-electron chi connectivity index (χ4n) is 1.77. The first-order valence-corrected chi connectivity index (χ1v) is 9.30. The van der Waals surface area contributed by atoms with Crippen LogP contribution in [-0.2, 0) is 14.2 Å². The van der Waals surface area contributed by atoms with Crippen molar-refractivity contribution in [3.05, 3.63) is 17.5 Å². The van der Waals surface area contributed by atoms with Crippen LogP contribution in [0.25, 0.3) is 0 Å². The van der Waals surface area contributed by atoms with E-state index in [2.05, 4.69) is 15.0 Å². The van der Waals surface area contributed by atoms with Crippen LogP contribution in [0.4, 0.5) is 0 Å². The van der Waals surface area contributed by atoms with E-state index in [1.807, 2.05) is 20.8 Å². The molecule has 0 aromatic carbocycles. The highest BCUT2D eigenvalue weighted by molar-refractivity contribution is 5.92. The Morgan fingerprint density at radius 1 is 0.593 bits per heavy atom. The topological polar surface area (TPSA) is 118 Å². The van der Waals surface area contributed by atoms with Crippen molar-refractivity contribution in [3.63, 3.8) is 0 Å². The smallest absolute Gasteiger partial charge is 0.376 e. The van der Waals surface area contributed by atoms with E-state index in [9.17, 15) is 14.4 Å². The van der Waals surface area contributed by atoms with E-state index in [0.717, 1.165) is 19.3 Å². The molecule has 0 amide bonds. The molecule has 1 rings (SSSR count). The Bertz CT molecular complexity index is 537. The van der Waals surface area contributed by atoms with Crippen molar-refractivity contribution < 1.29 is 28.6 Å². The monoisotopic (exact) mass is 381 g/mol. The van der Waals surface area contributed by atoms with Gasteiger partial charge in [-0.3, -0.25) is 0 Å². The molecule has 0 fully saturated rings. The van der Waals surface area contributed by atoms with Crippen molar-refractivity contribution in [2.45, 2.75) is 59.3 Å². The minimum Gasteiger partial charge on any atom is -0.460 e. The molecular formula is C18H27N3O6. The summed E-state index contributed by atoms with van der Waals surface area (Å²) in [5, 5.41) is 0. The third-order valence-electron chi connectivity index (χ3n) is 3.38. The van der Waals surface area contributed by atoms with Gasteiger partial charge in [0.15, 0.2) is 0 Å². The summed E-state index contributed by atoms with van der Waals surface area (Å²) >= 11 is 0. The van der Waals surface area contributed by atoms with Crippen LogP contribution < -0.4 is 0 Å². The predicted octanol–water partition coefficient (Wildman–Crippen LogP) is 2.74. The quantitative estimate of drug-likeness (QED) is 0.306. The summed E-state index contributed by atoms with van der Waals surface area (Å²) in [6, 6.07) is 0. The summed E-state index contributed by atoms with van der Waals surface area (Å²) in [4.78, 5) is 47.7. The molecular weight excluding hydrogens is 354 g/mol. The van der Waals surface area contributed by atoms with Gasteiger partial charge in [-0.05, 0) is 19.3 Å². The van der Waals surface area contributed by atoms with Crippen LogP contribution in [0.5, 0.6) is 0 Å². The van der Waals surface area contributed by atoms with E-state index in [-0.39, 0.29) is 19.8 Å². The highest BCUT2D eigenvalue weighted by Gasteiger charge is 2.23. The van der Waals surface area contributed by atoms with E-state index < -0.39 is 35.4 Å². The number of ether oxygens (including phenoxy) is 3. The molecule has 0 atom stereocenters. The summed E-state index contributed by atoms with van der Waals surface area (Å²) in [7, 11) is 0. The zero-order chi connectivity index (χ0) is 20.1. The van der Waals surface area contributed by atoms with E-state index in [4.69, 9.17) is 14.2 Å². The van der Waals surface area contributed by atoms with Gasteiger partial charge in [0.2, 0.25) is 17.5 Å². The van der Waals surface area contributed by atoms with Crippen molar-refractivity contribution in [2.75, 3.05) is 19.8 Å². The molecule has 0 N–H and O–H groups in total. The van der Waals surface area contributed by atoms with Gasteiger partial charge in [0.05, 0.1) is 19.8 Å². The van der Waals surface area contributed by atoms with Crippen LogP contribution >= 0.6 is 0 Å². The molecule has 0 bridgehead atoms. The molecule has 1 heterocycles. The summed E-state index contributed by atoms with van der Waals surface area (Å²) in [6.45, 7) is 6.41. The van der Waals surface area contributed by atoms with Crippen molar-refractivity contribution in [3.8, 4) is 0 Å². The van der Waals surface area contributed by atoms with Crippen molar-refractivity contribution in [1.82, 2.24) is 15.0 Å². The zero-order valence-corrected chi connectivity index (χ0v) is 16.2. The van der Waals surface area contributed by atoms with Crippen molar-refractivity contribution >= 4 is 17.9 Å². The van der Waals surface area contributed by atoms with Crippen LogP contribution in [0.15, 0.2) is 0 Å². The molecule has 0 spiro atoms. The number of carbonyl (C=O) groups is 3. The summed E-state index contributed by atoms with van der Waals surface area (Å²) in [6.07, 6.45) is 4.55. The second-order valence-corrected chi connectivity index (χ2v) is 5.77. The number of unbranched alkanes of at least 4 members (excludes halogenated alkanes) is 3. The highest BCUT2D eigenvalue weighted by Crippen LogP contribution is 2.05. The molecule has 1 aromatic rings. The SMILES string of the molecule is CCCCOC(=O)c1nc(C(=O)OCCCC)nc(C(=O)OCCCC)n1. The Balaban J connectivity index is 3.01. The average molecular weight is 381 g/mol. The fourth-order valence-corrected chi connectivity index (χ4v) is 1.77. The second-order valence-electron chi connectivity index (χ2n) is 5.77. The largest absolute Gasteiger partial charge is 0.460 e. The first-order chi connectivity index (χ1) is 13.0. The molecule has 9 heteroatoms. The fraction of sp³-hybridized carbons (Fsp3) is 0.667. The lowest BCUT2D eigenvalue weighted by molar-refractivity contribution is 0.0461. The van der Waals surface area contributed by atoms with Crippen LogP contribution in [0.1, 0.15) is 91.2 Å². The molecule has 1 aromatic heterocycles. The number of aromatic nitrogens is 3. The Labute approximate surface area is 158 Å². The Hall–Kier alpha value is -2.58. The number of esters is 3. The molecule has 0 aliphatic carbocycles. The van der Waals surface area contributed by atoms with Gasteiger partial charge >= 0.3 is 17.9 Å². The van der Waals surface area contributed by atoms with E-state index in [1.54, 1.807) is 0 Å². The van der Waals surface area contributed by atoms with E-state index in [1.165, 1.54) is 0 Å². The van der Waals surface area contributed by atoms with Crippen LogP contribution in [0.2, 0.25) is 0 Å². The molecule has 0 aliphatic rings. The second kappa shape index (κ2) is 12.7. The molecule has 150 valence electrons. The van der Waals surface area contributed by atoms with Gasteiger partial charge < -0.3 is 14.2 Å². The Morgan fingerprint density at radius 3 is 1.07 bits per heavy atom. The first kappa shape index (κ1) is 22.5. The van der Waals surface area contributed by atoms with Gasteiger partial charge in [-0.15, -0.1) is 0 Å². The maximum Gasteiger partial charge on any atom is 0.376 e. The zero-order valence-electron chi connectivity index (χ0n) is 16.2. The van der Waals surface area contributed by atoms with Gasteiger partial charge in [0.1, 0.15) is 0 Å². The normalized spacial score (nSPS) is 10.3. The summed E-state index contributed by atoms with van der Waals surface area (Å²) in [5.41, 5.74) is 0. The maximum absolute atomic E-state index is 12.1. The third kappa shape index (κ3) is 8.10. The summed E-state index contributed by atoms with van der Waals surface area (Å²) in [5.74, 6) is -3.79. The Morgan fingerprint density at radius 2 is 0.852 bits per heavy atom. The molecule has 0 aliphatic heterocycles. The average Bonchev–Trinajstić information content (AvgIpc) is 2.67. The maximum atomic E-state index is 12.1. The van der Waals surface area contributed by atoms with Crippen molar-refractivity contribution in [1.29, 1.82) is 0 Å². The number of rotatable bonds is 12. The summed E-state index contributed by atoms with van der Waals surface area (Å²) < 4.78 is 15.1. The standard InChI is InChI=1S/C18H27N3O6/c1-4-7-10-25-16(22)13-19-14(17(23)26-11-8-5-2)21-15(20-13)18(24)27-12-9-6-3/h4-12H2,1-3H3. The van der Waals surface area contributed by atoms with Crippen LogP contribution in [0, 0.1) is 0 Å². The van der Waals surface area contributed by atoms with Gasteiger partial charge in [0.25, 0.3) is 0 Å². The van der Waals surface area contributed by atoms with E-state index >= 15 is 0 Å². The van der Waals surface area contributed by atoms with Crippen LogP contribution in [-0.4, -0.2) is 52.7 Å². The number of hydrogen-bond donors (Lipinski definition) is 0. The first-order valence-electron chi connectivity index (χ1n) is 9.30. The van der Waals surface area contributed by atoms with Crippen LogP contribution in [0.3, 0.4) is 0 Å². The minimum atomic E-state index is -0.837. The molecule has 9 nitrogen and oxygen atoms in total. The van der Waals surface area contributed by atoms with E-state index in [0.29, 0.717) is 19.3 Å². The minimum absolute atomic E-state index is 0.188. The molecule has 0 unspecified atom stereocenters. The van der Waals surface area contributed by atoms with Gasteiger partial charge in [-0.1, -0.05) is 40.0 Å². The Kier molecular flexibility index (Phi) is 10.6. The van der Waals surface area contributed by atoms with Gasteiger partial charge in [-0.2, -0.15) is 15.0 Å². The lowest BCUT2D eigenvalue weighted by Crippen LogP contribution is -2.22.